The summed E-state index contributed by atoms with van der Waals surface area (Å²) in [7, 11) is 0. The first-order chi connectivity index (χ1) is 8.85. The summed E-state index contributed by atoms with van der Waals surface area (Å²) in [5.74, 6) is -3.40. The zero-order valence-electron chi connectivity index (χ0n) is 10.6. The van der Waals surface area contributed by atoms with Crippen LogP contribution in [-0.4, -0.2) is 52.8 Å². The summed E-state index contributed by atoms with van der Waals surface area (Å²) < 4.78 is 0. The molecule has 0 bridgehead atoms. The number of likely N-dealkylation sites (tertiary alicyclic amines) is 1. The lowest BCUT2D eigenvalue weighted by Crippen LogP contribution is -2.46. The van der Waals surface area contributed by atoms with Gasteiger partial charge in [0.25, 0.3) is 0 Å². The summed E-state index contributed by atoms with van der Waals surface area (Å²) in [6.45, 7) is 2.57. The first kappa shape index (κ1) is 14.9. The van der Waals surface area contributed by atoms with Gasteiger partial charge in [0.05, 0.1) is 12.3 Å². The number of aliphatic carboxylic acids is 1. The largest absolute Gasteiger partial charge is 0.480 e. The predicted octanol–water partition coefficient (Wildman–Crippen LogP) is -1.70. The molecule has 1 unspecified atom stereocenters. The molecule has 8 nitrogen and oxygen atoms in total. The molecule has 0 aliphatic carbocycles. The molecule has 1 saturated heterocycles. The van der Waals surface area contributed by atoms with Crippen molar-refractivity contribution in [3.8, 4) is 0 Å². The van der Waals surface area contributed by atoms with Crippen LogP contribution >= 0.6 is 0 Å². The molecule has 8 heteroatoms. The molecule has 1 rings (SSSR count). The first-order valence-electron chi connectivity index (χ1n) is 5.94. The van der Waals surface area contributed by atoms with Crippen LogP contribution in [0.4, 0.5) is 0 Å². The van der Waals surface area contributed by atoms with Crippen LogP contribution in [0.15, 0.2) is 0 Å². The molecule has 0 aromatic heterocycles. The molecule has 1 fully saturated rings. The highest BCUT2D eigenvalue weighted by molar-refractivity contribution is 5.92. The van der Waals surface area contributed by atoms with E-state index in [-0.39, 0.29) is 18.9 Å². The van der Waals surface area contributed by atoms with E-state index < -0.39 is 36.2 Å². The minimum atomic E-state index is -1.35. The van der Waals surface area contributed by atoms with Gasteiger partial charge in [-0.05, 0) is 6.92 Å². The second-order valence-corrected chi connectivity index (χ2v) is 4.40. The second kappa shape index (κ2) is 6.17. The van der Waals surface area contributed by atoms with E-state index in [1.807, 2.05) is 0 Å². The van der Waals surface area contributed by atoms with E-state index in [1.54, 1.807) is 6.92 Å². The van der Waals surface area contributed by atoms with E-state index in [1.165, 1.54) is 4.90 Å². The summed E-state index contributed by atoms with van der Waals surface area (Å²) in [6, 6.07) is -1.35. The van der Waals surface area contributed by atoms with Crippen molar-refractivity contribution in [1.29, 1.82) is 0 Å². The molecule has 0 aromatic carbocycles. The molecule has 19 heavy (non-hydrogen) atoms. The number of carbonyl (C=O) groups is 4. The molecule has 1 aliphatic heterocycles. The van der Waals surface area contributed by atoms with Crippen molar-refractivity contribution in [2.75, 3.05) is 13.1 Å². The number of carboxylic acids is 1. The first-order valence-corrected chi connectivity index (χ1v) is 5.94. The third-order valence-electron chi connectivity index (χ3n) is 2.99. The Morgan fingerprint density at radius 1 is 1.53 bits per heavy atom. The van der Waals surface area contributed by atoms with E-state index in [9.17, 15) is 19.2 Å². The lowest BCUT2D eigenvalue weighted by atomic mass is 10.1. The van der Waals surface area contributed by atoms with Crippen LogP contribution in [0.25, 0.3) is 0 Å². The topological polar surface area (TPSA) is 130 Å². The highest BCUT2D eigenvalue weighted by Crippen LogP contribution is 2.17. The molecule has 4 N–H and O–H groups in total. The number of primary amides is 1. The molecule has 0 spiro atoms. The Labute approximate surface area is 109 Å². The standard InChI is InChI=1S/C11H17N3O5/c1-2-14-5-6(3-9(14)16)10(17)13-7(11(18)19)4-8(12)15/h6-7H,2-5H2,1H3,(H2,12,15)(H,13,17)(H,18,19)/t6?,7-/m0/s1. The zero-order valence-corrected chi connectivity index (χ0v) is 10.6. The van der Waals surface area contributed by atoms with E-state index in [4.69, 9.17) is 10.8 Å². The highest BCUT2D eigenvalue weighted by atomic mass is 16.4. The van der Waals surface area contributed by atoms with Gasteiger partial charge in [-0.3, -0.25) is 14.4 Å². The number of nitrogens with zero attached hydrogens (tertiary/aromatic N) is 1. The van der Waals surface area contributed by atoms with Crippen molar-refractivity contribution in [1.82, 2.24) is 10.2 Å². The van der Waals surface area contributed by atoms with Crippen molar-refractivity contribution >= 4 is 23.7 Å². The van der Waals surface area contributed by atoms with Gasteiger partial charge in [0, 0.05) is 19.5 Å². The van der Waals surface area contributed by atoms with Gasteiger partial charge in [-0.25, -0.2) is 4.79 Å². The molecule has 0 saturated carbocycles. The molecule has 1 aliphatic rings. The Hall–Kier alpha value is -2.12. The van der Waals surface area contributed by atoms with Crippen molar-refractivity contribution < 1.29 is 24.3 Å². The molecule has 0 aromatic rings. The third-order valence-corrected chi connectivity index (χ3v) is 2.99. The summed E-state index contributed by atoms with van der Waals surface area (Å²) in [5.41, 5.74) is 4.91. The zero-order chi connectivity index (χ0) is 14.6. The number of amides is 3. The van der Waals surface area contributed by atoms with Crippen LogP contribution in [0.5, 0.6) is 0 Å². The number of nitrogens with one attached hydrogen (secondary N) is 1. The fourth-order valence-electron chi connectivity index (χ4n) is 1.94. The van der Waals surface area contributed by atoms with E-state index in [0.717, 1.165) is 0 Å². The lowest BCUT2D eigenvalue weighted by Gasteiger charge is -2.16. The van der Waals surface area contributed by atoms with Crippen LogP contribution in [0, 0.1) is 5.92 Å². The maximum absolute atomic E-state index is 11.8. The summed E-state index contributed by atoms with van der Waals surface area (Å²) >= 11 is 0. The molecular formula is C11H17N3O5. The average Bonchev–Trinajstić information content (AvgIpc) is 2.69. The van der Waals surface area contributed by atoms with Crippen LogP contribution in [-0.2, 0) is 19.2 Å². The number of hydrogen-bond acceptors (Lipinski definition) is 4. The smallest absolute Gasteiger partial charge is 0.326 e. The van der Waals surface area contributed by atoms with Gasteiger partial charge in [-0.1, -0.05) is 0 Å². The van der Waals surface area contributed by atoms with Crippen LogP contribution in [0.3, 0.4) is 0 Å². The van der Waals surface area contributed by atoms with Gasteiger partial charge in [0.1, 0.15) is 6.04 Å². The Balaban J connectivity index is 2.61. The van der Waals surface area contributed by atoms with Crippen LogP contribution in [0.2, 0.25) is 0 Å². The Bertz CT molecular complexity index is 409. The van der Waals surface area contributed by atoms with Crippen LogP contribution < -0.4 is 11.1 Å². The van der Waals surface area contributed by atoms with Crippen molar-refractivity contribution in [2.45, 2.75) is 25.8 Å². The van der Waals surface area contributed by atoms with Gasteiger partial charge < -0.3 is 21.1 Å². The summed E-state index contributed by atoms with van der Waals surface area (Å²) in [6.07, 6.45) is -0.415. The van der Waals surface area contributed by atoms with Gasteiger partial charge >= 0.3 is 5.97 Å². The van der Waals surface area contributed by atoms with Crippen molar-refractivity contribution in [2.24, 2.45) is 11.7 Å². The quantitative estimate of drug-likeness (QED) is 0.530. The summed E-state index contributed by atoms with van der Waals surface area (Å²) in [4.78, 5) is 46.4. The molecule has 0 radical (unpaired) electrons. The lowest BCUT2D eigenvalue weighted by molar-refractivity contribution is -0.143. The minimum Gasteiger partial charge on any atom is -0.480 e. The fourth-order valence-corrected chi connectivity index (χ4v) is 1.94. The Morgan fingerprint density at radius 2 is 2.16 bits per heavy atom. The normalized spacial score (nSPS) is 20.2. The second-order valence-electron chi connectivity index (χ2n) is 4.40. The SMILES string of the molecule is CCN1CC(C(=O)N[C@@H](CC(N)=O)C(=O)O)CC1=O. The Kier molecular flexibility index (Phi) is 4.85. The van der Waals surface area contributed by atoms with Gasteiger partial charge in [-0.2, -0.15) is 0 Å². The van der Waals surface area contributed by atoms with Gasteiger partial charge in [-0.15, -0.1) is 0 Å². The number of hydrogen-bond donors (Lipinski definition) is 3. The fraction of sp³-hybridized carbons (Fsp3) is 0.636. The van der Waals surface area contributed by atoms with Gasteiger partial charge in [0.15, 0.2) is 0 Å². The van der Waals surface area contributed by atoms with E-state index >= 15 is 0 Å². The Morgan fingerprint density at radius 3 is 2.58 bits per heavy atom. The number of nitrogens with two attached hydrogens (primary N) is 1. The molecular weight excluding hydrogens is 254 g/mol. The molecule has 106 valence electrons. The maximum Gasteiger partial charge on any atom is 0.326 e. The predicted molar refractivity (Wildman–Crippen MR) is 63.7 cm³/mol. The maximum atomic E-state index is 11.8. The molecule has 2 atom stereocenters. The summed E-state index contributed by atoms with van der Waals surface area (Å²) in [5, 5.41) is 11.1. The van der Waals surface area contributed by atoms with Crippen molar-refractivity contribution in [3.63, 3.8) is 0 Å². The van der Waals surface area contributed by atoms with Crippen LogP contribution in [0.1, 0.15) is 19.8 Å². The van der Waals surface area contributed by atoms with Crippen molar-refractivity contribution in [3.05, 3.63) is 0 Å². The number of carbonyl (C=O) groups excluding carboxylic acids is 3. The number of carboxylic acid groups (broad SMARTS) is 1. The van der Waals surface area contributed by atoms with Gasteiger partial charge in [0.2, 0.25) is 17.7 Å². The monoisotopic (exact) mass is 271 g/mol. The van der Waals surface area contributed by atoms with E-state index in [0.29, 0.717) is 6.54 Å². The van der Waals surface area contributed by atoms with E-state index in [2.05, 4.69) is 5.32 Å². The average molecular weight is 271 g/mol. The third kappa shape index (κ3) is 3.94. The molecule has 3 amide bonds. The number of rotatable bonds is 6. The minimum absolute atomic E-state index is 0.0581. The highest BCUT2D eigenvalue weighted by Gasteiger charge is 2.35. The molecule has 1 heterocycles.